The van der Waals surface area contributed by atoms with E-state index in [-0.39, 0.29) is 23.5 Å². The Morgan fingerprint density at radius 3 is 2.50 bits per heavy atom. The highest BCUT2D eigenvalue weighted by atomic mass is 16.5. The fourth-order valence-corrected chi connectivity index (χ4v) is 1.36. The number of ketones is 1. The number of hydrogen-bond acceptors (Lipinski definition) is 4. The molecule has 0 heterocycles. The van der Waals surface area contributed by atoms with Crippen LogP contribution in [0.4, 0.5) is 0 Å². The predicted molar refractivity (Wildman–Crippen MR) is 59.9 cm³/mol. The van der Waals surface area contributed by atoms with E-state index in [2.05, 4.69) is 0 Å². The van der Waals surface area contributed by atoms with Crippen molar-refractivity contribution in [2.45, 2.75) is 25.9 Å². The Morgan fingerprint density at radius 1 is 1.44 bits per heavy atom. The number of Topliss-reactive ketones (excluding diaryl/α,β-unsaturated/α-hetero) is 1. The van der Waals surface area contributed by atoms with Gasteiger partial charge in [-0.25, -0.2) is 0 Å². The topological polar surface area (TPSA) is 66.8 Å². The summed E-state index contributed by atoms with van der Waals surface area (Å²) in [5.74, 6) is 0.0542. The zero-order valence-corrected chi connectivity index (χ0v) is 9.65. The summed E-state index contributed by atoms with van der Waals surface area (Å²) in [7, 11) is 1.48. The summed E-state index contributed by atoms with van der Waals surface area (Å²) in [5.41, 5.74) is -0.883. The van der Waals surface area contributed by atoms with Crippen LogP contribution in [0.3, 0.4) is 0 Å². The molecule has 0 bridgehead atoms. The first kappa shape index (κ1) is 12.5. The third-order valence-electron chi connectivity index (χ3n) is 2.10. The van der Waals surface area contributed by atoms with E-state index in [1.807, 2.05) is 0 Å². The Kier molecular flexibility index (Phi) is 3.55. The first-order valence-corrected chi connectivity index (χ1v) is 4.96. The van der Waals surface area contributed by atoms with Crippen LogP contribution >= 0.6 is 0 Å². The van der Waals surface area contributed by atoms with E-state index in [4.69, 9.17) is 4.74 Å². The average molecular weight is 224 g/mol. The molecule has 0 amide bonds. The number of rotatable bonds is 4. The lowest BCUT2D eigenvalue weighted by molar-refractivity contribution is 0.0586. The minimum Gasteiger partial charge on any atom is -0.507 e. The Bertz CT molecular complexity index is 390. The quantitative estimate of drug-likeness (QED) is 0.764. The van der Waals surface area contributed by atoms with E-state index in [0.29, 0.717) is 5.75 Å². The highest BCUT2D eigenvalue weighted by Crippen LogP contribution is 2.25. The Morgan fingerprint density at radius 2 is 2.06 bits per heavy atom. The second kappa shape index (κ2) is 4.53. The number of aliphatic hydroxyl groups is 1. The second-order valence-corrected chi connectivity index (χ2v) is 4.30. The summed E-state index contributed by atoms with van der Waals surface area (Å²) >= 11 is 0. The third kappa shape index (κ3) is 3.24. The number of ether oxygens (including phenoxy) is 1. The molecule has 1 rings (SSSR count). The van der Waals surface area contributed by atoms with Crippen LogP contribution in [0.15, 0.2) is 18.2 Å². The zero-order chi connectivity index (χ0) is 12.3. The molecule has 0 saturated heterocycles. The molecule has 0 saturated carbocycles. The van der Waals surface area contributed by atoms with Crippen molar-refractivity contribution < 1.29 is 19.7 Å². The van der Waals surface area contributed by atoms with Crippen molar-refractivity contribution >= 4 is 5.78 Å². The fourth-order valence-electron chi connectivity index (χ4n) is 1.36. The van der Waals surface area contributed by atoms with Crippen LogP contribution in [0.5, 0.6) is 11.5 Å². The predicted octanol–water partition coefficient (Wildman–Crippen LogP) is 1.74. The van der Waals surface area contributed by atoms with Crippen LogP contribution in [-0.4, -0.2) is 28.7 Å². The largest absolute Gasteiger partial charge is 0.507 e. The van der Waals surface area contributed by atoms with Gasteiger partial charge in [0.1, 0.15) is 11.5 Å². The highest BCUT2D eigenvalue weighted by molar-refractivity contribution is 5.99. The molecule has 0 unspecified atom stereocenters. The lowest BCUT2D eigenvalue weighted by atomic mass is 9.97. The summed E-state index contributed by atoms with van der Waals surface area (Å²) < 4.78 is 4.91. The molecule has 2 N–H and O–H groups in total. The molecule has 0 aromatic heterocycles. The van der Waals surface area contributed by atoms with Crippen LogP contribution < -0.4 is 4.74 Å². The first-order valence-electron chi connectivity index (χ1n) is 4.96. The highest BCUT2D eigenvalue weighted by Gasteiger charge is 2.21. The number of aromatic hydroxyl groups is 1. The molecule has 88 valence electrons. The van der Waals surface area contributed by atoms with E-state index in [9.17, 15) is 15.0 Å². The number of phenolic OH excluding ortho intramolecular Hbond substituents is 1. The average Bonchev–Trinajstić information content (AvgIpc) is 2.14. The summed E-state index contributed by atoms with van der Waals surface area (Å²) in [6.45, 7) is 3.09. The number of benzene rings is 1. The van der Waals surface area contributed by atoms with Gasteiger partial charge in [0.15, 0.2) is 5.78 Å². The van der Waals surface area contributed by atoms with Crippen molar-refractivity contribution in [1.82, 2.24) is 0 Å². The van der Waals surface area contributed by atoms with Crippen LogP contribution in [0, 0.1) is 0 Å². The SMILES string of the molecule is COc1ccc(C(=O)CC(C)(C)O)c(O)c1. The minimum absolute atomic E-state index is 0.0348. The molecule has 0 atom stereocenters. The molecular weight excluding hydrogens is 208 g/mol. The Balaban J connectivity index is 2.93. The van der Waals surface area contributed by atoms with Gasteiger partial charge in [-0.15, -0.1) is 0 Å². The van der Waals surface area contributed by atoms with E-state index in [1.165, 1.54) is 19.2 Å². The van der Waals surface area contributed by atoms with Gasteiger partial charge in [-0.2, -0.15) is 0 Å². The molecular formula is C12H16O4. The Hall–Kier alpha value is -1.55. The van der Waals surface area contributed by atoms with Crippen LogP contribution in [0.25, 0.3) is 0 Å². The molecule has 0 radical (unpaired) electrons. The fraction of sp³-hybridized carbons (Fsp3) is 0.417. The van der Waals surface area contributed by atoms with Crippen LogP contribution in [0.2, 0.25) is 0 Å². The van der Waals surface area contributed by atoms with Gasteiger partial charge in [-0.3, -0.25) is 4.79 Å². The van der Waals surface area contributed by atoms with Gasteiger partial charge >= 0.3 is 0 Å². The second-order valence-electron chi connectivity index (χ2n) is 4.30. The number of methoxy groups -OCH3 is 1. The molecule has 4 nitrogen and oxygen atoms in total. The van der Waals surface area contributed by atoms with Crippen LogP contribution in [-0.2, 0) is 0 Å². The maximum absolute atomic E-state index is 11.7. The van der Waals surface area contributed by atoms with Crippen LogP contribution in [0.1, 0.15) is 30.6 Å². The lowest BCUT2D eigenvalue weighted by Crippen LogP contribution is -2.23. The summed E-state index contributed by atoms with van der Waals surface area (Å²) in [4.78, 5) is 11.7. The maximum Gasteiger partial charge on any atom is 0.169 e. The van der Waals surface area contributed by atoms with Gasteiger partial charge in [-0.1, -0.05) is 0 Å². The van der Waals surface area contributed by atoms with Crippen molar-refractivity contribution in [2.75, 3.05) is 7.11 Å². The van der Waals surface area contributed by atoms with Gasteiger partial charge in [0.05, 0.1) is 18.3 Å². The lowest BCUT2D eigenvalue weighted by Gasteiger charge is -2.16. The summed E-state index contributed by atoms with van der Waals surface area (Å²) in [6, 6.07) is 4.46. The third-order valence-corrected chi connectivity index (χ3v) is 2.10. The standard InChI is InChI=1S/C12H16O4/c1-12(2,15)7-11(14)9-5-4-8(16-3)6-10(9)13/h4-6,13,15H,7H2,1-3H3. The van der Waals surface area contributed by atoms with Crippen molar-refractivity contribution in [1.29, 1.82) is 0 Å². The van der Waals surface area contributed by atoms with Crippen molar-refractivity contribution in [3.05, 3.63) is 23.8 Å². The molecule has 1 aromatic carbocycles. The van der Waals surface area contributed by atoms with E-state index < -0.39 is 5.60 Å². The van der Waals surface area contributed by atoms with E-state index >= 15 is 0 Å². The normalized spacial score (nSPS) is 11.2. The molecule has 4 heteroatoms. The van der Waals surface area contributed by atoms with Crippen molar-refractivity contribution in [3.8, 4) is 11.5 Å². The first-order chi connectivity index (χ1) is 7.33. The number of carbonyl (C=O) groups is 1. The summed E-state index contributed by atoms with van der Waals surface area (Å²) in [6.07, 6.45) is -0.0348. The number of hydrogen-bond donors (Lipinski definition) is 2. The number of carbonyl (C=O) groups excluding carboxylic acids is 1. The zero-order valence-electron chi connectivity index (χ0n) is 9.65. The molecule has 1 aromatic rings. The molecule has 0 aliphatic carbocycles. The molecule has 0 aliphatic rings. The number of phenols is 1. The maximum atomic E-state index is 11.7. The molecule has 0 spiro atoms. The molecule has 0 fully saturated rings. The van der Waals surface area contributed by atoms with E-state index in [1.54, 1.807) is 19.9 Å². The molecule has 16 heavy (non-hydrogen) atoms. The van der Waals surface area contributed by atoms with Gasteiger partial charge < -0.3 is 14.9 Å². The smallest absolute Gasteiger partial charge is 0.169 e. The van der Waals surface area contributed by atoms with Gasteiger partial charge in [-0.05, 0) is 26.0 Å². The monoisotopic (exact) mass is 224 g/mol. The molecule has 0 aliphatic heterocycles. The van der Waals surface area contributed by atoms with E-state index in [0.717, 1.165) is 0 Å². The summed E-state index contributed by atoms with van der Waals surface area (Å²) in [5, 5.41) is 19.1. The van der Waals surface area contributed by atoms with Gasteiger partial charge in [0, 0.05) is 12.5 Å². The van der Waals surface area contributed by atoms with Crippen molar-refractivity contribution in [2.24, 2.45) is 0 Å². The Labute approximate surface area is 94.5 Å². The minimum atomic E-state index is -1.08. The van der Waals surface area contributed by atoms with Gasteiger partial charge in [0.2, 0.25) is 0 Å². The van der Waals surface area contributed by atoms with Gasteiger partial charge in [0.25, 0.3) is 0 Å². The van der Waals surface area contributed by atoms with Crippen molar-refractivity contribution in [3.63, 3.8) is 0 Å².